The molecule has 178 valence electrons. The molecule has 33 heavy (non-hydrogen) atoms. The van der Waals surface area contributed by atoms with Crippen LogP contribution >= 0.6 is 0 Å². The van der Waals surface area contributed by atoms with Crippen molar-refractivity contribution in [3.05, 3.63) is 65.2 Å². The molecule has 7 nitrogen and oxygen atoms in total. The molecule has 1 fully saturated rings. The number of hydrogen-bond acceptors (Lipinski definition) is 4. The van der Waals surface area contributed by atoms with Crippen LogP contribution in [0, 0.1) is 0 Å². The van der Waals surface area contributed by atoms with E-state index in [9.17, 15) is 31.2 Å². The predicted molar refractivity (Wildman–Crippen MR) is 115 cm³/mol. The number of sulfonamides is 1. The van der Waals surface area contributed by atoms with E-state index in [2.05, 4.69) is 5.32 Å². The zero-order valence-corrected chi connectivity index (χ0v) is 18.7. The van der Waals surface area contributed by atoms with E-state index in [0.717, 1.165) is 38.1 Å². The molecule has 0 bridgehead atoms. The van der Waals surface area contributed by atoms with Crippen molar-refractivity contribution in [3.8, 4) is 0 Å². The van der Waals surface area contributed by atoms with Crippen LogP contribution in [0.5, 0.6) is 0 Å². The smallest absolute Gasteiger partial charge is 0.351 e. The maximum atomic E-state index is 13.2. The SMILES string of the molecule is C[C@@H](NS(=O)(=O)c1ccccc1C(F)(F)F)C(=O)NCc1ccc(C(=O)N2CCCC2)cc1. The lowest BCUT2D eigenvalue weighted by molar-refractivity contribution is -0.139. The normalized spacial score (nSPS) is 15.3. The van der Waals surface area contributed by atoms with Crippen molar-refractivity contribution in [2.45, 2.75) is 43.4 Å². The van der Waals surface area contributed by atoms with Crippen LogP contribution in [0.2, 0.25) is 0 Å². The first kappa shape index (κ1) is 24.7. The molecule has 3 rings (SSSR count). The molecule has 2 amide bonds. The van der Waals surface area contributed by atoms with Gasteiger partial charge in [0.15, 0.2) is 0 Å². The molecule has 2 N–H and O–H groups in total. The zero-order chi connectivity index (χ0) is 24.2. The van der Waals surface area contributed by atoms with E-state index in [0.29, 0.717) is 17.2 Å². The first-order valence-electron chi connectivity index (χ1n) is 10.3. The Kier molecular flexibility index (Phi) is 7.43. The van der Waals surface area contributed by atoms with Crippen molar-refractivity contribution >= 4 is 21.8 Å². The summed E-state index contributed by atoms with van der Waals surface area (Å²) in [6, 6.07) is 9.11. The lowest BCUT2D eigenvalue weighted by atomic mass is 10.1. The van der Waals surface area contributed by atoms with E-state index >= 15 is 0 Å². The van der Waals surface area contributed by atoms with E-state index in [4.69, 9.17) is 0 Å². The minimum atomic E-state index is -4.86. The average Bonchev–Trinajstić information content (AvgIpc) is 3.31. The van der Waals surface area contributed by atoms with Gasteiger partial charge in [0.2, 0.25) is 15.9 Å². The summed E-state index contributed by atoms with van der Waals surface area (Å²) in [6.07, 6.45) is -2.89. The second-order valence-electron chi connectivity index (χ2n) is 7.75. The number of alkyl halides is 3. The number of halogens is 3. The van der Waals surface area contributed by atoms with Crippen LogP contribution in [0.1, 0.15) is 41.3 Å². The molecular weight excluding hydrogens is 459 g/mol. The molecule has 1 atom stereocenters. The van der Waals surface area contributed by atoms with Crippen molar-refractivity contribution in [2.24, 2.45) is 0 Å². The van der Waals surface area contributed by atoms with Crippen LogP contribution < -0.4 is 10.0 Å². The molecule has 0 unspecified atom stereocenters. The van der Waals surface area contributed by atoms with Crippen LogP contribution in [0.15, 0.2) is 53.4 Å². The lowest BCUT2D eigenvalue weighted by Crippen LogP contribution is -2.44. The second kappa shape index (κ2) is 9.92. The summed E-state index contributed by atoms with van der Waals surface area (Å²) in [6.45, 7) is 2.76. The minimum Gasteiger partial charge on any atom is -0.351 e. The third kappa shape index (κ3) is 6.11. The molecule has 0 aliphatic carbocycles. The lowest BCUT2D eigenvalue weighted by Gasteiger charge is -2.17. The number of hydrogen-bond donors (Lipinski definition) is 2. The maximum absolute atomic E-state index is 13.2. The fourth-order valence-electron chi connectivity index (χ4n) is 3.50. The highest BCUT2D eigenvalue weighted by atomic mass is 32.2. The number of benzene rings is 2. The van der Waals surface area contributed by atoms with Crippen LogP contribution in [0.25, 0.3) is 0 Å². The van der Waals surface area contributed by atoms with Gasteiger partial charge < -0.3 is 10.2 Å². The molecular formula is C22H24F3N3O4S. The van der Waals surface area contributed by atoms with E-state index in [1.54, 1.807) is 29.2 Å². The Morgan fingerprint density at radius 3 is 2.24 bits per heavy atom. The van der Waals surface area contributed by atoms with E-state index < -0.39 is 38.6 Å². The van der Waals surface area contributed by atoms with Gasteiger partial charge in [-0.15, -0.1) is 0 Å². The van der Waals surface area contributed by atoms with Gasteiger partial charge in [-0.1, -0.05) is 24.3 Å². The average molecular weight is 484 g/mol. The number of amides is 2. The Morgan fingerprint density at radius 1 is 1.03 bits per heavy atom. The van der Waals surface area contributed by atoms with Gasteiger partial charge in [-0.25, -0.2) is 8.42 Å². The van der Waals surface area contributed by atoms with Crippen molar-refractivity contribution in [1.29, 1.82) is 0 Å². The molecule has 1 saturated heterocycles. The number of rotatable bonds is 7. The Balaban J connectivity index is 1.59. The third-order valence-electron chi connectivity index (χ3n) is 5.27. The minimum absolute atomic E-state index is 0.0507. The Bertz CT molecular complexity index is 1110. The Hall–Kier alpha value is -2.92. The standard InChI is InChI=1S/C22H24F3N3O4S/c1-15(27-33(31,32)19-7-3-2-6-18(19)22(23,24)25)20(29)26-14-16-8-10-17(11-9-16)21(30)28-12-4-5-13-28/h2-3,6-11,15,27H,4-5,12-14H2,1H3,(H,26,29)/t15-/m1/s1. The van der Waals surface area contributed by atoms with Crippen molar-refractivity contribution in [3.63, 3.8) is 0 Å². The predicted octanol–water partition coefficient (Wildman–Crippen LogP) is 2.92. The van der Waals surface area contributed by atoms with E-state index in [1.165, 1.54) is 13.0 Å². The summed E-state index contributed by atoms with van der Waals surface area (Å²) in [5, 5.41) is 2.54. The topological polar surface area (TPSA) is 95.6 Å². The fourth-order valence-corrected chi connectivity index (χ4v) is 4.93. The molecule has 1 heterocycles. The summed E-state index contributed by atoms with van der Waals surface area (Å²) < 4.78 is 66.4. The van der Waals surface area contributed by atoms with Gasteiger partial charge in [-0.3, -0.25) is 9.59 Å². The van der Waals surface area contributed by atoms with Crippen molar-refractivity contribution < 1.29 is 31.2 Å². The molecule has 0 radical (unpaired) electrons. The molecule has 2 aromatic rings. The maximum Gasteiger partial charge on any atom is 0.417 e. The highest BCUT2D eigenvalue weighted by molar-refractivity contribution is 7.89. The molecule has 0 saturated carbocycles. The second-order valence-corrected chi connectivity index (χ2v) is 9.43. The number of carbonyl (C=O) groups excluding carboxylic acids is 2. The summed E-state index contributed by atoms with van der Waals surface area (Å²) >= 11 is 0. The van der Waals surface area contributed by atoms with Crippen LogP contribution in [-0.2, 0) is 27.5 Å². The quantitative estimate of drug-likeness (QED) is 0.633. The highest BCUT2D eigenvalue weighted by Gasteiger charge is 2.37. The van der Waals surface area contributed by atoms with E-state index in [-0.39, 0.29) is 12.5 Å². The van der Waals surface area contributed by atoms with Gasteiger partial charge in [0.1, 0.15) is 0 Å². The fraction of sp³-hybridized carbons (Fsp3) is 0.364. The number of carbonyl (C=O) groups is 2. The monoisotopic (exact) mass is 483 g/mol. The van der Waals surface area contributed by atoms with Gasteiger partial charge in [0.25, 0.3) is 5.91 Å². The van der Waals surface area contributed by atoms with Crippen LogP contribution in [-0.4, -0.2) is 44.3 Å². The summed E-state index contributed by atoms with van der Waals surface area (Å²) in [5.74, 6) is -0.759. The van der Waals surface area contributed by atoms with Crippen LogP contribution in [0.3, 0.4) is 0 Å². The van der Waals surface area contributed by atoms with Crippen molar-refractivity contribution in [2.75, 3.05) is 13.1 Å². The number of nitrogens with one attached hydrogen (secondary N) is 2. The summed E-state index contributed by atoms with van der Waals surface area (Å²) in [5.41, 5.74) is -0.0936. The van der Waals surface area contributed by atoms with E-state index in [1.807, 2.05) is 4.72 Å². The van der Waals surface area contributed by atoms with Gasteiger partial charge in [0, 0.05) is 25.2 Å². The summed E-state index contributed by atoms with van der Waals surface area (Å²) in [7, 11) is -4.60. The third-order valence-corrected chi connectivity index (χ3v) is 6.87. The molecule has 1 aliphatic rings. The number of nitrogens with zero attached hydrogens (tertiary/aromatic N) is 1. The zero-order valence-electron chi connectivity index (χ0n) is 17.9. The van der Waals surface area contributed by atoms with Crippen molar-refractivity contribution in [1.82, 2.24) is 14.9 Å². The molecule has 11 heteroatoms. The highest BCUT2D eigenvalue weighted by Crippen LogP contribution is 2.33. The van der Waals surface area contributed by atoms with Crippen LogP contribution in [0.4, 0.5) is 13.2 Å². The van der Waals surface area contributed by atoms with Gasteiger partial charge in [0.05, 0.1) is 16.5 Å². The Morgan fingerprint density at radius 2 is 1.64 bits per heavy atom. The molecule has 0 spiro atoms. The first-order valence-corrected chi connectivity index (χ1v) is 11.8. The molecule has 1 aliphatic heterocycles. The molecule has 0 aromatic heterocycles. The Labute approximate surface area is 190 Å². The van der Waals surface area contributed by atoms with Gasteiger partial charge in [-0.05, 0) is 49.6 Å². The van der Waals surface area contributed by atoms with Gasteiger partial charge in [-0.2, -0.15) is 17.9 Å². The van der Waals surface area contributed by atoms with Gasteiger partial charge >= 0.3 is 6.18 Å². The number of likely N-dealkylation sites (tertiary alicyclic amines) is 1. The summed E-state index contributed by atoms with van der Waals surface area (Å²) in [4.78, 5) is 25.5. The largest absolute Gasteiger partial charge is 0.417 e. The first-order chi connectivity index (χ1) is 15.5. The molecule has 2 aromatic carbocycles.